The third kappa shape index (κ3) is 8.71. The second-order valence-electron chi connectivity index (χ2n) is 9.10. The minimum atomic E-state index is -4.15. The van der Waals surface area contributed by atoms with Gasteiger partial charge in [-0.2, -0.15) is 0 Å². The van der Waals surface area contributed by atoms with Crippen LogP contribution < -0.4 is 4.74 Å². The highest BCUT2D eigenvalue weighted by Gasteiger charge is 2.43. The van der Waals surface area contributed by atoms with Gasteiger partial charge >= 0.3 is 8.80 Å². The molecule has 182 valence electrons. The van der Waals surface area contributed by atoms with Gasteiger partial charge in [-0.1, -0.05) is 0 Å². The van der Waals surface area contributed by atoms with Crippen LogP contribution in [-0.4, -0.2) is 104 Å². The fraction of sp³-hybridized carbons (Fsp3) is 0.714. The topological polar surface area (TPSA) is 97.4 Å². The Morgan fingerprint density at radius 1 is 1.03 bits per heavy atom. The van der Waals surface area contributed by atoms with E-state index in [1.807, 2.05) is 38.4 Å². The van der Waals surface area contributed by atoms with E-state index in [0.29, 0.717) is 43.9 Å². The molecular weight excluding hydrogens is 452 g/mol. The number of hydrogen-bond donors (Lipinski definition) is 0. The van der Waals surface area contributed by atoms with Crippen molar-refractivity contribution in [3.05, 3.63) is 29.8 Å². The van der Waals surface area contributed by atoms with Crippen LogP contribution >= 0.6 is 0 Å². The standard InChI is InChI=1S/C21H36N2O7SSi/c1-23(2,12-3-17-31(24,25)26)19-20-5-7-21(8-6-20)27-13-4-18-32-28-14-9-22(10-15-29-32)11-16-30-32/h5-8H,3-4,9-19H2,1-2H3. The van der Waals surface area contributed by atoms with E-state index in [-0.39, 0.29) is 5.75 Å². The van der Waals surface area contributed by atoms with Crippen molar-refractivity contribution in [1.82, 2.24) is 4.90 Å². The Balaban J connectivity index is 1.40. The van der Waals surface area contributed by atoms with E-state index in [1.165, 1.54) is 0 Å². The summed E-state index contributed by atoms with van der Waals surface area (Å²) in [7, 11) is -2.69. The molecule has 0 unspecified atom stereocenters. The van der Waals surface area contributed by atoms with E-state index in [2.05, 4.69) is 4.90 Å². The van der Waals surface area contributed by atoms with Gasteiger partial charge in [0.05, 0.1) is 57.2 Å². The number of fused-ring (bicyclic) bond motifs is 6. The van der Waals surface area contributed by atoms with Crippen LogP contribution in [0, 0.1) is 0 Å². The number of quaternary nitrogens is 1. The van der Waals surface area contributed by atoms with Gasteiger partial charge in [0.25, 0.3) is 0 Å². The van der Waals surface area contributed by atoms with Gasteiger partial charge in [0.15, 0.2) is 0 Å². The molecule has 2 bridgehead atoms. The molecule has 32 heavy (non-hydrogen) atoms. The van der Waals surface area contributed by atoms with Crippen molar-refractivity contribution in [3.63, 3.8) is 0 Å². The number of benzene rings is 1. The fourth-order valence-electron chi connectivity index (χ4n) is 4.08. The molecular formula is C21H36N2O7SSi. The summed E-state index contributed by atoms with van der Waals surface area (Å²) in [5.41, 5.74) is 1.13. The average Bonchev–Trinajstić information content (AvgIpc) is 2.65. The summed E-state index contributed by atoms with van der Waals surface area (Å²) in [5.74, 6) is 0.495. The molecule has 3 aliphatic rings. The van der Waals surface area contributed by atoms with Crippen LogP contribution in [-0.2, 0) is 29.9 Å². The minimum absolute atomic E-state index is 0.314. The molecule has 0 N–H and O–H groups in total. The first-order chi connectivity index (χ1) is 15.1. The normalized spacial score (nSPS) is 24.5. The monoisotopic (exact) mass is 488 g/mol. The Kier molecular flexibility index (Phi) is 9.10. The molecule has 0 radical (unpaired) electrons. The molecule has 0 atom stereocenters. The smallest absolute Gasteiger partial charge is 0.501 e. The highest BCUT2D eigenvalue weighted by molar-refractivity contribution is 7.85. The van der Waals surface area contributed by atoms with Crippen LogP contribution in [0.5, 0.6) is 5.75 Å². The van der Waals surface area contributed by atoms with Gasteiger partial charge in [-0.05, 0) is 30.7 Å². The molecule has 0 spiro atoms. The highest BCUT2D eigenvalue weighted by Crippen LogP contribution is 2.22. The largest absolute Gasteiger partial charge is 0.748 e. The van der Waals surface area contributed by atoms with Crippen LogP contribution in [0.15, 0.2) is 24.3 Å². The number of rotatable bonds is 11. The van der Waals surface area contributed by atoms with Crippen LogP contribution in [0.2, 0.25) is 6.04 Å². The molecule has 0 amide bonds. The third-order valence-electron chi connectivity index (χ3n) is 5.78. The number of hydrogen-bond acceptors (Lipinski definition) is 8. The summed E-state index contributed by atoms with van der Waals surface area (Å²) in [4.78, 5) is 2.31. The van der Waals surface area contributed by atoms with Crippen LogP contribution in [0.25, 0.3) is 0 Å². The van der Waals surface area contributed by atoms with E-state index in [1.54, 1.807) is 0 Å². The van der Waals surface area contributed by atoms with Crippen molar-refractivity contribution in [3.8, 4) is 5.75 Å². The Morgan fingerprint density at radius 3 is 2.19 bits per heavy atom. The highest BCUT2D eigenvalue weighted by atomic mass is 32.2. The Morgan fingerprint density at radius 2 is 1.62 bits per heavy atom. The predicted octanol–water partition coefficient (Wildman–Crippen LogP) is 1.29. The summed E-state index contributed by atoms with van der Waals surface area (Å²) in [6, 6.07) is 8.72. The molecule has 1 aromatic rings. The van der Waals surface area contributed by atoms with Crippen LogP contribution in [0.3, 0.4) is 0 Å². The quantitative estimate of drug-likeness (QED) is 0.199. The van der Waals surface area contributed by atoms with Crippen molar-refractivity contribution in [2.24, 2.45) is 0 Å². The van der Waals surface area contributed by atoms with Crippen molar-refractivity contribution in [2.75, 3.05) is 72.5 Å². The molecule has 9 nitrogen and oxygen atoms in total. The first-order valence-corrected chi connectivity index (χ1v) is 14.8. The second-order valence-corrected chi connectivity index (χ2v) is 13.4. The van der Waals surface area contributed by atoms with Gasteiger partial charge in [-0.15, -0.1) is 0 Å². The van der Waals surface area contributed by atoms with E-state index in [9.17, 15) is 13.0 Å². The van der Waals surface area contributed by atoms with Gasteiger partial charge in [0, 0.05) is 43.4 Å². The van der Waals surface area contributed by atoms with Gasteiger partial charge in [0.1, 0.15) is 12.3 Å². The SMILES string of the molecule is C[N+](C)(CCCS(=O)(=O)[O-])Cc1ccc(OCCC[Si]23OCCN(CCO2)CCO3)cc1. The summed E-state index contributed by atoms with van der Waals surface area (Å²) in [5, 5.41) is 0. The number of nitrogens with zero attached hydrogens (tertiary/aromatic N) is 2. The fourth-order valence-corrected chi connectivity index (χ4v) is 7.03. The molecule has 3 aliphatic heterocycles. The Hall–Kier alpha value is -1.05. The number of ether oxygens (including phenoxy) is 1. The molecule has 1 aromatic carbocycles. The summed E-state index contributed by atoms with van der Waals surface area (Å²) < 4.78 is 57.1. The zero-order valence-corrected chi connectivity index (χ0v) is 21.0. The first-order valence-electron chi connectivity index (χ1n) is 11.3. The Bertz CT molecular complexity index is 793. The van der Waals surface area contributed by atoms with Crippen molar-refractivity contribution >= 4 is 18.9 Å². The van der Waals surface area contributed by atoms with Crippen molar-refractivity contribution in [2.45, 2.75) is 25.4 Å². The van der Waals surface area contributed by atoms with Gasteiger partial charge in [0.2, 0.25) is 0 Å². The zero-order valence-electron chi connectivity index (χ0n) is 19.2. The summed E-state index contributed by atoms with van der Waals surface area (Å²) in [6.07, 6.45) is 1.17. The van der Waals surface area contributed by atoms with Crippen LogP contribution in [0.4, 0.5) is 0 Å². The zero-order chi connectivity index (χ0) is 23.1. The van der Waals surface area contributed by atoms with Crippen LogP contribution in [0.1, 0.15) is 18.4 Å². The van der Waals surface area contributed by atoms with E-state index >= 15 is 0 Å². The Labute approximate surface area is 192 Å². The molecule has 3 heterocycles. The molecule has 4 rings (SSSR count). The first kappa shape index (κ1) is 25.6. The van der Waals surface area contributed by atoms with Gasteiger partial charge in [-0.25, -0.2) is 8.42 Å². The molecule has 0 aromatic heterocycles. The average molecular weight is 489 g/mol. The molecule has 0 aliphatic carbocycles. The van der Waals surface area contributed by atoms with Crippen molar-refractivity contribution < 1.29 is 35.5 Å². The lowest BCUT2D eigenvalue weighted by Crippen LogP contribution is -2.55. The maximum Gasteiger partial charge on any atom is 0.501 e. The lowest BCUT2D eigenvalue weighted by atomic mass is 10.2. The van der Waals surface area contributed by atoms with Gasteiger partial charge in [-0.3, -0.25) is 4.90 Å². The van der Waals surface area contributed by atoms with Gasteiger partial charge < -0.3 is 27.1 Å². The maximum atomic E-state index is 10.8. The van der Waals surface area contributed by atoms with E-state index in [4.69, 9.17) is 18.0 Å². The molecule has 3 fully saturated rings. The molecule has 11 heteroatoms. The second kappa shape index (κ2) is 11.4. The third-order valence-corrected chi connectivity index (χ3v) is 9.46. The van der Waals surface area contributed by atoms with E-state index in [0.717, 1.165) is 50.0 Å². The summed E-state index contributed by atoms with van der Waals surface area (Å²) >= 11 is 0. The van der Waals surface area contributed by atoms with E-state index < -0.39 is 18.9 Å². The lowest BCUT2D eigenvalue weighted by molar-refractivity contribution is -0.903. The van der Waals surface area contributed by atoms with Crippen molar-refractivity contribution in [1.29, 1.82) is 0 Å². The summed E-state index contributed by atoms with van der Waals surface area (Å²) in [6.45, 7) is 6.75. The predicted molar refractivity (Wildman–Crippen MR) is 121 cm³/mol. The molecule has 0 saturated carbocycles. The lowest BCUT2D eigenvalue weighted by Gasteiger charge is -2.38. The molecule has 3 saturated heterocycles. The minimum Gasteiger partial charge on any atom is -0.748 e. The maximum absolute atomic E-state index is 10.8.